The molecule has 2 rings (SSSR count). The predicted molar refractivity (Wildman–Crippen MR) is 58.8 cm³/mol. The summed E-state index contributed by atoms with van der Waals surface area (Å²) in [6.07, 6.45) is 4.29. The van der Waals surface area contributed by atoms with E-state index in [9.17, 15) is 0 Å². The first kappa shape index (κ1) is 8.94. The fourth-order valence-electron chi connectivity index (χ4n) is 1.62. The van der Waals surface area contributed by atoms with Gasteiger partial charge in [-0.3, -0.25) is 0 Å². The van der Waals surface area contributed by atoms with Gasteiger partial charge in [0.15, 0.2) is 0 Å². The first-order valence-electron chi connectivity index (χ1n) is 4.64. The number of nitrogen functional groups attached to an aromatic ring is 1. The molecule has 0 aromatic heterocycles. The minimum absolute atomic E-state index is 0.771. The van der Waals surface area contributed by atoms with Crippen LogP contribution in [0.4, 0.5) is 11.4 Å². The summed E-state index contributed by atoms with van der Waals surface area (Å²) in [6, 6.07) is 5.79. The largest absolute Gasteiger partial charge is 0.497 e. The lowest BCUT2D eigenvalue weighted by atomic mass is 10.2. The summed E-state index contributed by atoms with van der Waals surface area (Å²) in [4.78, 5) is 2.22. The lowest BCUT2D eigenvalue weighted by molar-refractivity contribution is 0.415. The van der Waals surface area contributed by atoms with Crippen molar-refractivity contribution >= 4 is 11.4 Å². The zero-order valence-corrected chi connectivity index (χ0v) is 8.23. The van der Waals surface area contributed by atoms with Gasteiger partial charge in [0.25, 0.3) is 0 Å². The van der Waals surface area contributed by atoms with Gasteiger partial charge in [-0.2, -0.15) is 0 Å². The molecule has 14 heavy (non-hydrogen) atoms. The second-order valence-corrected chi connectivity index (χ2v) is 3.30. The van der Waals surface area contributed by atoms with Crippen molar-refractivity contribution in [1.29, 1.82) is 0 Å². The fraction of sp³-hybridized carbons (Fsp3) is 0.273. The highest BCUT2D eigenvalue weighted by atomic mass is 16.5. The molecule has 1 heterocycles. The molecule has 1 aliphatic heterocycles. The van der Waals surface area contributed by atoms with Crippen LogP contribution in [0.3, 0.4) is 0 Å². The van der Waals surface area contributed by atoms with E-state index in [0.717, 1.165) is 30.2 Å². The summed E-state index contributed by atoms with van der Waals surface area (Å²) in [5, 5.41) is 0. The van der Waals surface area contributed by atoms with Gasteiger partial charge in [0.2, 0.25) is 0 Å². The monoisotopic (exact) mass is 190 g/mol. The number of hydrogen-bond acceptors (Lipinski definition) is 3. The Morgan fingerprint density at radius 1 is 1.29 bits per heavy atom. The summed E-state index contributed by atoms with van der Waals surface area (Å²) in [5.41, 5.74) is 7.78. The van der Waals surface area contributed by atoms with Crippen molar-refractivity contribution in [2.24, 2.45) is 0 Å². The highest BCUT2D eigenvalue weighted by Gasteiger charge is 2.10. The Labute approximate surface area is 83.8 Å². The maximum atomic E-state index is 5.93. The van der Waals surface area contributed by atoms with Gasteiger partial charge >= 0.3 is 0 Å². The number of ether oxygens (including phenoxy) is 1. The average Bonchev–Trinajstić information content (AvgIpc) is 2.70. The molecule has 3 heteroatoms. The van der Waals surface area contributed by atoms with Gasteiger partial charge in [-0.15, -0.1) is 0 Å². The molecule has 0 atom stereocenters. The lowest BCUT2D eigenvalue weighted by Crippen LogP contribution is -2.19. The van der Waals surface area contributed by atoms with Gasteiger partial charge in [-0.05, 0) is 12.1 Å². The first-order chi connectivity index (χ1) is 6.81. The van der Waals surface area contributed by atoms with E-state index >= 15 is 0 Å². The number of rotatable bonds is 2. The smallest absolute Gasteiger partial charge is 0.121 e. The minimum Gasteiger partial charge on any atom is -0.497 e. The van der Waals surface area contributed by atoms with E-state index in [0.29, 0.717) is 0 Å². The van der Waals surface area contributed by atoms with Crippen LogP contribution < -0.4 is 15.4 Å². The van der Waals surface area contributed by atoms with Crippen molar-refractivity contribution < 1.29 is 4.74 Å². The van der Waals surface area contributed by atoms with Crippen LogP contribution in [0.2, 0.25) is 0 Å². The van der Waals surface area contributed by atoms with Crippen molar-refractivity contribution in [2.45, 2.75) is 0 Å². The molecule has 1 aromatic carbocycles. The number of benzene rings is 1. The number of methoxy groups -OCH3 is 1. The van der Waals surface area contributed by atoms with Gasteiger partial charge in [-0.1, -0.05) is 12.2 Å². The SMILES string of the molecule is COc1ccc(N2CC=CC2)c(N)c1. The Morgan fingerprint density at radius 2 is 2.00 bits per heavy atom. The van der Waals surface area contributed by atoms with Crippen LogP contribution in [0, 0.1) is 0 Å². The van der Waals surface area contributed by atoms with Gasteiger partial charge < -0.3 is 15.4 Å². The molecule has 1 aromatic rings. The van der Waals surface area contributed by atoms with Gasteiger partial charge in [0.1, 0.15) is 5.75 Å². The third-order valence-corrected chi connectivity index (χ3v) is 2.39. The molecule has 0 amide bonds. The summed E-state index contributed by atoms with van der Waals surface area (Å²) in [7, 11) is 1.64. The highest BCUT2D eigenvalue weighted by molar-refractivity contribution is 5.70. The second-order valence-electron chi connectivity index (χ2n) is 3.30. The quantitative estimate of drug-likeness (QED) is 0.569. The van der Waals surface area contributed by atoms with Crippen molar-refractivity contribution in [1.82, 2.24) is 0 Å². The molecular weight excluding hydrogens is 176 g/mol. The van der Waals surface area contributed by atoms with Crippen LogP contribution in [0.1, 0.15) is 0 Å². The Kier molecular flexibility index (Phi) is 2.31. The van der Waals surface area contributed by atoms with E-state index in [-0.39, 0.29) is 0 Å². The van der Waals surface area contributed by atoms with Crippen LogP contribution >= 0.6 is 0 Å². The number of hydrogen-bond donors (Lipinski definition) is 1. The maximum absolute atomic E-state index is 5.93. The van der Waals surface area contributed by atoms with Gasteiger partial charge in [0.05, 0.1) is 18.5 Å². The van der Waals surface area contributed by atoms with E-state index in [1.807, 2.05) is 18.2 Å². The molecule has 74 valence electrons. The topological polar surface area (TPSA) is 38.5 Å². The third kappa shape index (κ3) is 1.53. The van der Waals surface area contributed by atoms with E-state index in [4.69, 9.17) is 10.5 Å². The van der Waals surface area contributed by atoms with Crippen LogP contribution in [0.25, 0.3) is 0 Å². The molecule has 0 bridgehead atoms. The molecule has 2 N–H and O–H groups in total. The summed E-state index contributed by atoms with van der Waals surface area (Å²) in [5.74, 6) is 0.804. The zero-order valence-electron chi connectivity index (χ0n) is 8.23. The van der Waals surface area contributed by atoms with Crippen LogP contribution in [-0.4, -0.2) is 20.2 Å². The summed E-state index contributed by atoms with van der Waals surface area (Å²) in [6.45, 7) is 1.88. The van der Waals surface area contributed by atoms with Crippen molar-refractivity contribution in [3.8, 4) is 5.75 Å². The second kappa shape index (κ2) is 3.62. The molecule has 0 aliphatic carbocycles. The van der Waals surface area contributed by atoms with E-state index < -0.39 is 0 Å². The van der Waals surface area contributed by atoms with Crippen molar-refractivity contribution in [3.05, 3.63) is 30.4 Å². The van der Waals surface area contributed by atoms with Crippen molar-refractivity contribution in [2.75, 3.05) is 30.8 Å². The van der Waals surface area contributed by atoms with E-state index in [1.165, 1.54) is 0 Å². The molecule has 0 unspecified atom stereocenters. The molecule has 3 nitrogen and oxygen atoms in total. The van der Waals surface area contributed by atoms with Gasteiger partial charge in [-0.25, -0.2) is 0 Å². The molecule has 0 fully saturated rings. The van der Waals surface area contributed by atoms with E-state index in [2.05, 4.69) is 17.1 Å². The highest BCUT2D eigenvalue weighted by Crippen LogP contribution is 2.28. The average molecular weight is 190 g/mol. The van der Waals surface area contributed by atoms with Crippen LogP contribution in [0.15, 0.2) is 30.4 Å². The Bertz CT molecular complexity index is 352. The number of nitrogens with two attached hydrogens (primary N) is 1. The summed E-state index contributed by atoms with van der Waals surface area (Å²) < 4.78 is 5.10. The molecule has 0 radical (unpaired) electrons. The first-order valence-corrected chi connectivity index (χ1v) is 4.64. The standard InChI is InChI=1S/C11H14N2O/c1-14-9-4-5-11(10(12)8-9)13-6-2-3-7-13/h2-5,8H,6-7,12H2,1H3. The Morgan fingerprint density at radius 3 is 2.57 bits per heavy atom. The lowest BCUT2D eigenvalue weighted by Gasteiger charge is -2.19. The van der Waals surface area contributed by atoms with Gasteiger partial charge in [0, 0.05) is 19.2 Å². The number of nitrogens with zero attached hydrogens (tertiary/aromatic N) is 1. The molecule has 0 saturated carbocycles. The number of anilines is 2. The maximum Gasteiger partial charge on any atom is 0.121 e. The zero-order chi connectivity index (χ0) is 9.97. The third-order valence-electron chi connectivity index (χ3n) is 2.39. The molecule has 1 aliphatic rings. The summed E-state index contributed by atoms with van der Waals surface area (Å²) >= 11 is 0. The van der Waals surface area contributed by atoms with Crippen molar-refractivity contribution in [3.63, 3.8) is 0 Å². The van der Waals surface area contributed by atoms with Crippen LogP contribution in [-0.2, 0) is 0 Å². The van der Waals surface area contributed by atoms with E-state index in [1.54, 1.807) is 7.11 Å². The molecule has 0 saturated heterocycles. The van der Waals surface area contributed by atoms with Crippen LogP contribution in [0.5, 0.6) is 5.75 Å². The predicted octanol–water partition coefficient (Wildman–Crippen LogP) is 1.65. The molecule has 0 spiro atoms. The molecular formula is C11H14N2O. The Hall–Kier alpha value is -1.64. The Balaban J connectivity index is 2.26. The normalized spacial score (nSPS) is 14.8. The fourth-order valence-corrected chi connectivity index (χ4v) is 1.62. The minimum atomic E-state index is 0.771.